The highest BCUT2D eigenvalue weighted by atomic mass is 35.5. The van der Waals surface area contributed by atoms with Crippen LogP contribution in [-0.4, -0.2) is 45.3 Å². The number of hydrogen-bond donors (Lipinski definition) is 0. The van der Waals surface area contributed by atoms with Crippen LogP contribution in [0.15, 0.2) is 36.5 Å². The second-order valence-corrected chi connectivity index (χ2v) is 8.47. The van der Waals surface area contributed by atoms with Gasteiger partial charge in [0.25, 0.3) is 5.91 Å². The Bertz CT molecular complexity index is 856. The number of aromatic nitrogens is 1. The first-order chi connectivity index (χ1) is 13.9. The van der Waals surface area contributed by atoms with Crippen LogP contribution in [0, 0.1) is 0 Å². The van der Waals surface area contributed by atoms with Crippen LogP contribution in [0.4, 0.5) is 0 Å². The number of amides is 2. The quantitative estimate of drug-likeness (QED) is 0.569. The maximum atomic E-state index is 13.2. The van der Waals surface area contributed by atoms with Gasteiger partial charge in [-0.15, -0.1) is 0 Å². The van der Waals surface area contributed by atoms with E-state index in [1.54, 1.807) is 23.1 Å². The monoisotopic (exact) mass is 435 g/mol. The van der Waals surface area contributed by atoms with E-state index in [1.165, 1.54) is 0 Å². The third-order valence-electron chi connectivity index (χ3n) is 5.20. The van der Waals surface area contributed by atoms with E-state index in [2.05, 4.69) is 6.92 Å². The zero-order chi connectivity index (χ0) is 21.0. The van der Waals surface area contributed by atoms with Crippen molar-refractivity contribution in [3.8, 4) is 0 Å². The molecule has 0 bridgehead atoms. The molecule has 7 heteroatoms. The minimum atomic E-state index is -0.195. The minimum absolute atomic E-state index is 0.0342. The van der Waals surface area contributed by atoms with Gasteiger partial charge in [0.1, 0.15) is 6.54 Å². The normalized spacial score (nSPS) is 13.4. The molecule has 1 aliphatic rings. The summed E-state index contributed by atoms with van der Waals surface area (Å²) in [6.07, 6.45) is 5.74. The molecule has 2 aromatic rings. The van der Waals surface area contributed by atoms with Gasteiger partial charge in [-0.25, -0.2) is 0 Å². The van der Waals surface area contributed by atoms with Gasteiger partial charge in [0.05, 0.1) is 6.54 Å². The Morgan fingerprint density at radius 3 is 2.41 bits per heavy atom. The summed E-state index contributed by atoms with van der Waals surface area (Å²) in [4.78, 5) is 29.8. The van der Waals surface area contributed by atoms with E-state index in [1.807, 2.05) is 34.8 Å². The highest BCUT2D eigenvalue weighted by Crippen LogP contribution is 2.29. The van der Waals surface area contributed by atoms with Crippen molar-refractivity contribution in [1.29, 1.82) is 0 Å². The minimum Gasteiger partial charge on any atom is -0.353 e. The second-order valence-electron chi connectivity index (χ2n) is 7.60. The Kier molecular flexibility index (Phi) is 7.25. The van der Waals surface area contributed by atoms with Crippen LogP contribution < -0.4 is 0 Å². The number of nitrogens with zero attached hydrogens (tertiary/aromatic N) is 3. The Balaban J connectivity index is 1.76. The van der Waals surface area contributed by atoms with Gasteiger partial charge in [0, 0.05) is 47.1 Å². The predicted molar refractivity (Wildman–Crippen MR) is 116 cm³/mol. The van der Waals surface area contributed by atoms with Gasteiger partial charge in [-0.3, -0.25) is 9.59 Å². The summed E-state index contributed by atoms with van der Waals surface area (Å²) in [5.41, 5.74) is 1.49. The average molecular weight is 436 g/mol. The van der Waals surface area contributed by atoms with Gasteiger partial charge in [0.2, 0.25) is 5.91 Å². The standard InChI is InChI=1S/C22H27Cl2N3O2/c1-3-4-10-26(14-20-6-5-9-25(20)2)21(28)15-27(19-7-8-19)22(29)16-11-17(23)13-18(24)12-16/h5-6,9,11-13,19H,3-4,7-8,10,14-15H2,1-2H3. The van der Waals surface area contributed by atoms with Crippen LogP contribution in [0.2, 0.25) is 10.0 Å². The molecule has 0 N–H and O–H groups in total. The summed E-state index contributed by atoms with van der Waals surface area (Å²) in [5, 5.41) is 0.826. The topological polar surface area (TPSA) is 45.6 Å². The van der Waals surface area contributed by atoms with E-state index in [9.17, 15) is 9.59 Å². The summed E-state index contributed by atoms with van der Waals surface area (Å²) in [7, 11) is 1.97. The highest BCUT2D eigenvalue weighted by Gasteiger charge is 2.35. The largest absolute Gasteiger partial charge is 0.353 e. The number of aryl methyl sites for hydroxylation is 1. The first-order valence-electron chi connectivity index (χ1n) is 10.0. The molecule has 3 rings (SSSR count). The summed E-state index contributed by atoms with van der Waals surface area (Å²) in [6, 6.07) is 8.90. The number of benzene rings is 1. The smallest absolute Gasteiger partial charge is 0.254 e. The lowest BCUT2D eigenvalue weighted by atomic mass is 10.2. The molecule has 2 amide bonds. The van der Waals surface area contributed by atoms with Crippen LogP contribution in [0.1, 0.15) is 48.7 Å². The molecule has 1 aromatic heterocycles. The van der Waals surface area contributed by atoms with Gasteiger partial charge in [-0.05, 0) is 49.6 Å². The first-order valence-corrected chi connectivity index (χ1v) is 10.8. The fourth-order valence-corrected chi connectivity index (χ4v) is 3.87. The van der Waals surface area contributed by atoms with E-state index in [0.29, 0.717) is 28.7 Å². The van der Waals surface area contributed by atoms with E-state index < -0.39 is 0 Å². The molecule has 1 heterocycles. The fraction of sp³-hybridized carbons (Fsp3) is 0.455. The van der Waals surface area contributed by atoms with Crippen LogP contribution in [0.5, 0.6) is 0 Å². The Morgan fingerprint density at radius 1 is 1.17 bits per heavy atom. The van der Waals surface area contributed by atoms with E-state index >= 15 is 0 Å². The summed E-state index contributed by atoms with van der Waals surface area (Å²) < 4.78 is 2.02. The molecule has 1 fully saturated rings. The summed E-state index contributed by atoms with van der Waals surface area (Å²) in [6.45, 7) is 3.39. The van der Waals surface area contributed by atoms with Gasteiger partial charge < -0.3 is 14.4 Å². The van der Waals surface area contributed by atoms with Crippen molar-refractivity contribution in [2.45, 2.75) is 45.2 Å². The molecule has 0 saturated heterocycles. The SMILES string of the molecule is CCCCN(Cc1cccn1C)C(=O)CN(C(=O)c1cc(Cl)cc(Cl)c1)C1CC1. The van der Waals surface area contributed by atoms with Crippen molar-refractivity contribution in [2.75, 3.05) is 13.1 Å². The second kappa shape index (κ2) is 9.68. The molecule has 0 spiro atoms. The van der Waals surface area contributed by atoms with Gasteiger partial charge in [-0.1, -0.05) is 36.5 Å². The fourth-order valence-electron chi connectivity index (χ4n) is 3.34. The zero-order valence-corrected chi connectivity index (χ0v) is 18.4. The van der Waals surface area contributed by atoms with Crippen molar-refractivity contribution < 1.29 is 9.59 Å². The molecular formula is C22H27Cl2N3O2. The molecule has 1 aliphatic carbocycles. The predicted octanol–water partition coefficient (Wildman–Crippen LogP) is 4.77. The van der Waals surface area contributed by atoms with Crippen molar-refractivity contribution in [2.24, 2.45) is 7.05 Å². The van der Waals surface area contributed by atoms with Crippen LogP contribution in [0.3, 0.4) is 0 Å². The van der Waals surface area contributed by atoms with Crippen molar-refractivity contribution >= 4 is 35.0 Å². The lowest BCUT2D eigenvalue weighted by Gasteiger charge is -2.28. The number of carbonyl (C=O) groups is 2. The number of hydrogen-bond acceptors (Lipinski definition) is 2. The number of carbonyl (C=O) groups excluding carboxylic acids is 2. The van der Waals surface area contributed by atoms with Crippen molar-refractivity contribution in [3.05, 3.63) is 57.8 Å². The maximum Gasteiger partial charge on any atom is 0.254 e. The Hall–Kier alpha value is -1.98. The molecule has 29 heavy (non-hydrogen) atoms. The first kappa shape index (κ1) is 21.7. The molecule has 0 radical (unpaired) electrons. The Labute approximate surface area is 182 Å². The van der Waals surface area contributed by atoms with Gasteiger partial charge in [0.15, 0.2) is 0 Å². The Morgan fingerprint density at radius 2 is 1.86 bits per heavy atom. The molecule has 156 valence electrons. The molecule has 0 unspecified atom stereocenters. The molecule has 1 aromatic carbocycles. The lowest BCUT2D eigenvalue weighted by molar-refractivity contribution is -0.132. The van der Waals surface area contributed by atoms with Gasteiger partial charge in [-0.2, -0.15) is 0 Å². The number of rotatable bonds is 9. The van der Waals surface area contributed by atoms with Gasteiger partial charge >= 0.3 is 0 Å². The van der Waals surface area contributed by atoms with Crippen molar-refractivity contribution in [3.63, 3.8) is 0 Å². The molecule has 1 saturated carbocycles. The van der Waals surface area contributed by atoms with Crippen LogP contribution in [0.25, 0.3) is 0 Å². The third kappa shape index (κ3) is 5.77. The van der Waals surface area contributed by atoms with Crippen molar-refractivity contribution in [1.82, 2.24) is 14.4 Å². The lowest BCUT2D eigenvalue weighted by Crippen LogP contribution is -2.44. The highest BCUT2D eigenvalue weighted by molar-refractivity contribution is 6.35. The molecule has 0 aliphatic heterocycles. The van der Waals surface area contributed by atoms with Crippen LogP contribution in [-0.2, 0) is 18.4 Å². The number of unbranched alkanes of at least 4 members (excludes halogenated alkanes) is 1. The van der Waals surface area contributed by atoms with Crippen LogP contribution >= 0.6 is 23.2 Å². The zero-order valence-electron chi connectivity index (χ0n) is 16.9. The summed E-state index contributed by atoms with van der Waals surface area (Å²) in [5.74, 6) is -0.229. The molecule has 5 nitrogen and oxygen atoms in total. The number of halogens is 2. The van der Waals surface area contributed by atoms with E-state index in [4.69, 9.17) is 23.2 Å². The average Bonchev–Trinajstić information content (AvgIpc) is 3.44. The maximum absolute atomic E-state index is 13.2. The molecule has 0 atom stereocenters. The van der Waals surface area contributed by atoms with E-state index in [-0.39, 0.29) is 24.4 Å². The molecular weight excluding hydrogens is 409 g/mol. The summed E-state index contributed by atoms with van der Waals surface area (Å²) >= 11 is 12.1. The van der Waals surface area contributed by atoms with E-state index in [0.717, 1.165) is 31.4 Å². The third-order valence-corrected chi connectivity index (χ3v) is 5.64.